The van der Waals surface area contributed by atoms with Gasteiger partial charge in [0, 0.05) is 12.1 Å². The van der Waals surface area contributed by atoms with Gasteiger partial charge in [-0.2, -0.15) is 5.10 Å². The van der Waals surface area contributed by atoms with Gasteiger partial charge in [-0.1, -0.05) is 11.2 Å². The molecule has 2 heterocycles. The van der Waals surface area contributed by atoms with E-state index in [1.165, 1.54) is 14.2 Å². The lowest BCUT2D eigenvalue weighted by molar-refractivity contribution is 0.116. The lowest BCUT2D eigenvalue weighted by Crippen LogP contribution is -2.26. The lowest BCUT2D eigenvalue weighted by atomic mass is 9.96. The maximum Gasteiger partial charge on any atom is 0.270 e. The summed E-state index contributed by atoms with van der Waals surface area (Å²) in [6.07, 6.45) is 4.41. The molecule has 0 atom stereocenters. The summed E-state index contributed by atoms with van der Waals surface area (Å²) >= 11 is 0. The number of hydrogen-bond donors (Lipinski definition) is 3. The first-order valence-electron chi connectivity index (χ1n) is 10.6. The fraction of sp³-hybridized carbons (Fsp3) is 0.273. The molecular weight excluding hydrogens is 462 g/mol. The Morgan fingerprint density at radius 2 is 1.88 bits per heavy atom. The third kappa shape index (κ3) is 4.07. The molecule has 1 fully saturated rings. The first-order chi connectivity index (χ1) is 16.5. The third-order valence-corrected chi connectivity index (χ3v) is 6.97. The molecule has 0 aliphatic heterocycles. The van der Waals surface area contributed by atoms with E-state index in [0.29, 0.717) is 28.2 Å². The SMILES string of the molecule is COc1cc2c(NS(=O)(=O)c3c(OC)cccc3OC3CCC3)noc2cc1Nc1ccn[nH]1. The minimum absolute atomic E-state index is 0.0148. The number of hydrogen-bond acceptors (Lipinski definition) is 9. The van der Waals surface area contributed by atoms with E-state index in [9.17, 15) is 8.42 Å². The minimum atomic E-state index is -4.14. The molecule has 3 N–H and O–H groups in total. The molecule has 0 bridgehead atoms. The summed E-state index contributed by atoms with van der Waals surface area (Å²) in [5.74, 6) is 1.51. The molecule has 0 radical (unpaired) electrons. The summed E-state index contributed by atoms with van der Waals surface area (Å²) < 4.78 is 51.6. The average molecular weight is 486 g/mol. The van der Waals surface area contributed by atoms with Gasteiger partial charge in [0.15, 0.2) is 16.3 Å². The molecule has 12 heteroatoms. The molecular formula is C22H23N5O6S. The number of anilines is 3. The van der Waals surface area contributed by atoms with Gasteiger partial charge in [0.25, 0.3) is 10.0 Å². The van der Waals surface area contributed by atoms with Crippen molar-refractivity contribution in [1.82, 2.24) is 15.4 Å². The van der Waals surface area contributed by atoms with E-state index in [4.69, 9.17) is 18.7 Å². The van der Waals surface area contributed by atoms with E-state index in [0.717, 1.165) is 19.3 Å². The molecule has 2 aromatic carbocycles. The molecule has 0 saturated heterocycles. The zero-order valence-electron chi connectivity index (χ0n) is 18.5. The second-order valence-corrected chi connectivity index (χ2v) is 9.36. The smallest absolute Gasteiger partial charge is 0.270 e. The summed E-state index contributed by atoms with van der Waals surface area (Å²) in [7, 11) is -1.22. The molecule has 1 saturated carbocycles. The largest absolute Gasteiger partial charge is 0.495 e. The Morgan fingerprint density at radius 3 is 2.56 bits per heavy atom. The number of benzene rings is 2. The van der Waals surface area contributed by atoms with Gasteiger partial charge in [-0.25, -0.2) is 8.42 Å². The van der Waals surface area contributed by atoms with Gasteiger partial charge < -0.3 is 24.1 Å². The Labute approximate surface area is 195 Å². The van der Waals surface area contributed by atoms with Gasteiger partial charge in [-0.05, 0) is 37.5 Å². The average Bonchev–Trinajstić information content (AvgIpc) is 3.45. The van der Waals surface area contributed by atoms with E-state index in [1.54, 1.807) is 42.6 Å². The highest BCUT2D eigenvalue weighted by atomic mass is 32.2. The van der Waals surface area contributed by atoms with Gasteiger partial charge in [-0.15, -0.1) is 0 Å². The molecule has 1 aliphatic rings. The second kappa shape index (κ2) is 8.78. The number of ether oxygens (including phenoxy) is 3. The summed E-state index contributed by atoms with van der Waals surface area (Å²) in [5.41, 5.74) is 0.942. The van der Waals surface area contributed by atoms with Crippen LogP contribution in [0.2, 0.25) is 0 Å². The van der Waals surface area contributed by atoms with Gasteiger partial charge >= 0.3 is 0 Å². The predicted octanol–water partition coefficient (Wildman–Crippen LogP) is 4.04. The zero-order valence-corrected chi connectivity index (χ0v) is 19.3. The Balaban J connectivity index is 1.50. The van der Waals surface area contributed by atoms with Crippen molar-refractivity contribution in [3.05, 3.63) is 42.6 Å². The van der Waals surface area contributed by atoms with Crippen LogP contribution in [-0.2, 0) is 10.0 Å². The van der Waals surface area contributed by atoms with Crippen LogP contribution in [0.4, 0.5) is 17.3 Å². The maximum atomic E-state index is 13.5. The van der Waals surface area contributed by atoms with E-state index in [-0.39, 0.29) is 28.3 Å². The van der Waals surface area contributed by atoms with Crippen LogP contribution in [0.25, 0.3) is 11.0 Å². The summed E-state index contributed by atoms with van der Waals surface area (Å²) in [5, 5.41) is 14.2. The number of H-pyrrole nitrogens is 1. The van der Waals surface area contributed by atoms with E-state index in [1.807, 2.05) is 0 Å². The number of aromatic nitrogens is 3. The van der Waals surface area contributed by atoms with Gasteiger partial charge in [0.1, 0.15) is 23.1 Å². The highest BCUT2D eigenvalue weighted by Crippen LogP contribution is 2.39. The van der Waals surface area contributed by atoms with Crippen LogP contribution < -0.4 is 24.2 Å². The third-order valence-electron chi connectivity index (χ3n) is 5.57. The highest BCUT2D eigenvalue weighted by Gasteiger charge is 2.30. The number of methoxy groups -OCH3 is 2. The Kier molecular flexibility index (Phi) is 5.65. The number of rotatable bonds is 9. The first kappa shape index (κ1) is 21.9. The minimum Gasteiger partial charge on any atom is -0.495 e. The van der Waals surface area contributed by atoms with Crippen molar-refractivity contribution in [3.8, 4) is 17.2 Å². The van der Waals surface area contributed by atoms with Crippen LogP contribution in [-0.4, -0.2) is 44.1 Å². The van der Waals surface area contributed by atoms with Gasteiger partial charge in [0.2, 0.25) is 0 Å². The van der Waals surface area contributed by atoms with Crippen LogP contribution in [0.3, 0.4) is 0 Å². The highest BCUT2D eigenvalue weighted by molar-refractivity contribution is 7.93. The fourth-order valence-electron chi connectivity index (χ4n) is 3.64. The van der Waals surface area contributed by atoms with Crippen molar-refractivity contribution in [2.24, 2.45) is 0 Å². The number of nitrogens with one attached hydrogen (secondary N) is 3. The van der Waals surface area contributed by atoms with Crippen molar-refractivity contribution in [3.63, 3.8) is 0 Å². The molecule has 0 amide bonds. The van der Waals surface area contributed by atoms with Crippen LogP contribution >= 0.6 is 0 Å². The molecule has 11 nitrogen and oxygen atoms in total. The lowest BCUT2D eigenvalue weighted by Gasteiger charge is -2.27. The summed E-state index contributed by atoms with van der Waals surface area (Å²) in [6.45, 7) is 0. The Morgan fingerprint density at radius 1 is 1.09 bits per heavy atom. The van der Waals surface area contributed by atoms with Crippen molar-refractivity contribution >= 4 is 38.3 Å². The van der Waals surface area contributed by atoms with Crippen LogP contribution in [0, 0.1) is 0 Å². The number of nitrogens with zero attached hydrogens (tertiary/aromatic N) is 2. The quantitative estimate of drug-likeness (QED) is 0.320. The molecule has 1 aliphatic carbocycles. The van der Waals surface area contributed by atoms with Crippen LogP contribution in [0.15, 0.2) is 52.0 Å². The van der Waals surface area contributed by atoms with Crippen molar-refractivity contribution in [2.45, 2.75) is 30.3 Å². The zero-order chi connectivity index (χ0) is 23.7. The van der Waals surface area contributed by atoms with E-state index >= 15 is 0 Å². The van der Waals surface area contributed by atoms with E-state index < -0.39 is 10.0 Å². The second-order valence-electron chi connectivity index (χ2n) is 7.74. The van der Waals surface area contributed by atoms with Crippen molar-refractivity contribution < 1.29 is 27.2 Å². The summed E-state index contributed by atoms with van der Waals surface area (Å²) in [6, 6.07) is 9.92. The predicted molar refractivity (Wildman–Crippen MR) is 125 cm³/mol. The van der Waals surface area contributed by atoms with Crippen molar-refractivity contribution in [2.75, 3.05) is 24.3 Å². The standard InChI is InChI=1S/C22H23N5O6S/c1-30-16-7-4-8-17(32-13-5-3-6-13)21(16)34(28,29)27-22-14-11-19(31-2)15(12-18(14)33-26-22)24-20-9-10-23-25-20/h4,7-13H,3,5-6H2,1-2H3,(H,26,27)(H2,23,24,25). The molecule has 0 unspecified atom stereocenters. The molecule has 178 valence electrons. The molecule has 5 rings (SSSR count). The van der Waals surface area contributed by atoms with Gasteiger partial charge in [0.05, 0.1) is 37.6 Å². The van der Waals surface area contributed by atoms with Crippen molar-refractivity contribution in [1.29, 1.82) is 0 Å². The topological polar surface area (TPSA) is 141 Å². The molecule has 2 aromatic heterocycles. The Bertz CT molecular complexity index is 1410. The first-order valence-corrected chi connectivity index (χ1v) is 12.1. The summed E-state index contributed by atoms with van der Waals surface area (Å²) in [4.78, 5) is -0.0925. The number of aromatic amines is 1. The fourth-order valence-corrected chi connectivity index (χ4v) is 4.94. The number of sulfonamides is 1. The van der Waals surface area contributed by atoms with Gasteiger partial charge in [-0.3, -0.25) is 9.82 Å². The van der Waals surface area contributed by atoms with E-state index in [2.05, 4.69) is 25.4 Å². The maximum absolute atomic E-state index is 13.5. The normalized spacial score (nSPS) is 13.9. The van der Waals surface area contributed by atoms with Crippen LogP contribution in [0.1, 0.15) is 19.3 Å². The van der Waals surface area contributed by atoms with Crippen LogP contribution in [0.5, 0.6) is 17.2 Å². The number of fused-ring (bicyclic) bond motifs is 1. The molecule has 0 spiro atoms. The Hall–Kier alpha value is -3.93. The molecule has 34 heavy (non-hydrogen) atoms. The monoisotopic (exact) mass is 485 g/mol. The molecule has 4 aromatic rings.